The van der Waals surface area contributed by atoms with Crippen molar-refractivity contribution in [3.8, 4) is 22.6 Å². The van der Waals surface area contributed by atoms with Crippen LogP contribution in [0.2, 0.25) is 0 Å². The van der Waals surface area contributed by atoms with Crippen molar-refractivity contribution in [2.45, 2.75) is 5.25 Å². The summed E-state index contributed by atoms with van der Waals surface area (Å²) in [6, 6.07) is 17.0. The molecule has 0 bridgehead atoms. The second kappa shape index (κ2) is 6.60. The molecule has 0 aliphatic rings. The molecule has 1 atom stereocenters. The number of rotatable bonds is 4. The van der Waals surface area contributed by atoms with Gasteiger partial charge in [-0.15, -0.1) is 0 Å². The Balaban J connectivity index is 2.18. The second-order valence-electron chi connectivity index (χ2n) is 4.85. The molecule has 0 aliphatic heterocycles. The van der Waals surface area contributed by atoms with Gasteiger partial charge in [0.1, 0.15) is 5.69 Å². The third-order valence-corrected chi connectivity index (χ3v) is 4.18. The van der Waals surface area contributed by atoms with Gasteiger partial charge in [-0.05, 0) is 12.1 Å². The van der Waals surface area contributed by atoms with Gasteiger partial charge >= 0.3 is 5.97 Å². The van der Waals surface area contributed by atoms with Gasteiger partial charge in [0.05, 0.1) is 0 Å². The molecule has 4 nitrogen and oxygen atoms in total. The molecule has 1 unspecified atom stereocenters. The molecule has 0 fully saturated rings. The first-order valence-corrected chi connectivity index (χ1v) is 8.10. The van der Waals surface area contributed by atoms with Crippen molar-refractivity contribution < 1.29 is 14.3 Å². The van der Waals surface area contributed by atoms with E-state index in [-0.39, 0.29) is 5.89 Å². The van der Waals surface area contributed by atoms with Crippen LogP contribution in [0.3, 0.4) is 0 Å². The van der Waals surface area contributed by atoms with E-state index >= 15 is 0 Å². The fourth-order valence-electron chi connectivity index (χ4n) is 2.18. The highest BCUT2D eigenvalue weighted by Crippen LogP contribution is 2.36. The second-order valence-corrected chi connectivity index (χ2v) is 6.28. The molecule has 1 N–H and O–H groups in total. The number of hydrogen-bond acceptors (Lipinski definition) is 4. The first kappa shape index (κ1) is 15.8. The maximum absolute atomic E-state index is 11.2. The normalized spacial score (nSPS) is 12.1. The van der Waals surface area contributed by atoms with Crippen LogP contribution >= 0.6 is 28.6 Å². The van der Waals surface area contributed by atoms with Crippen LogP contribution in [0, 0.1) is 0 Å². The van der Waals surface area contributed by atoms with Crippen LogP contribution in [0.5, 0.6) is 0 Å². The minimum Gasteiger partial charge on any atom is -0.480 e. The lowest BCUT2D eigenvalue weighted by atomic mass is 10.1. The summed E-state index contributed by atoms with van der Waals surface area (Å²) < 4.78 is 6.64. The van der Waals surface area contributed by atoms with Gasteiger partial charge in [-0.3, -0.25) is 4.79 Å². The van der Waals surface area contributed by atoms with Crippen molar-refractivity contribution in [2.24, 2.45) is 0 Å². The number of aliphatic carboxylic acids is 1. The van der Waals surface area contributed by atoms with E-state index in [1.54, 1.807) is 0 Å². The molecule has 6 heteroatoms. The lowest BCUT2D eigenvalue weighted by Gasteiger charge is -2.02. The smallest absolute Gasteiger partial charge is 0.325 e. The summed E-state index contributed by atoms with van der Waals surface area (Å²) in [5.74, 6) is -0.511. The maximum Gasteiger partial charge on any atom is 0.325 e. The van der Waals surface area contributed by atoms with Crippen molar-refractivity contribution in [3.63, 3.8) is 0 Å². The van der Waals surface area contributed by atoms with Crippen molar-refractivity contribution in [3.05, 3.63) is 65.0 Å². The molecule has 0 spiro atoms. The van der Waals surface area contributed by atoms with E-state index in [9.17, 15) is 4.79 Å². The Morgan fingerprint density at radius 2 is 1.83 bits per heavy atom. The Kier molecular flexibility index (Phi) is 4.54. The minimum atomic E-state index is -1.11. The molecule has 3 aromatic rings. The standard InChI is InChI=1S/C17H12BrNO3S/c18-12-8-4-7-11(9-12)13-14(10-5-2-1-3-6-10)22-16(19-13)15(23)17(20)21/h1-9,15,23H,(H,20,21). The summed E-state index contributed by atoms with van der Waals surface area (Å²) in [6.07, 6.45) is 0. The lowest BCUT2D eigenvalue weighted by molar-refractivity contribution is -0.136. The Morgan fingerprint density at radius 1 is 1.13 bits per heavy atom. The Bertz CT molecular complexity index is 848. The molecule has 0 saturated heterocycles. The number of carbonyl (C=O) groups is 1. The van der Waals surface area contributed by atoms with E-state index in [1.807, 2.05) is 54.6 Å². The first-order valence-electron chi connectivity index (χ1n) is 6.79. The third kappa shape index (κ3) is 3.33. The van der Waals surface area contributed by atoms with Gasteiger partial charge in [-0.2, -0.15) is 12.6 Å². The molecular formula is C17H12BrNO3S. The van der Waals surface area contributed by atoms with Crippen molar-refractivity contribution in [2.75, 3.05) is 0 Å². The summed E-state index contributed by atoms with van der Waals surface area (Å²) in [5.41, 5.74) is 2.25. The lowest BCUT2D eigenvalue weighted by Crippen LogP contribution is -2.05. The number of hydrogen-bond donors (Lipinski definition) is 2. The van der Waals surface area contributed by atoms with E-state index in [2.05, 4.69) is 33.5 Å². The van der Waals surface area contributed by atoms with Gasteiger partial charge in [0.2, 0.25) is 5.89 Å². The van der Waals surface area contributed by atoms with Crippen LogP contribution in [0.4, 0.5) is 0 Å². The SMILES string of the molecule is O=C(O)C(S)c1nc(-c2cccc(Br)c2)c(-c2ccccc2)o1. The van der Waals surface area contributed by atoms with Gasteiger partial charge < -0.3 is 9.52 Å². The Morgan fingerprint density at radius 3 is 2.48 bits per heavy atom. The minimum absolute atomic E-state index is 0.0645. The molecule has 0 saturated carbocycles. The Hall–Kier alpha value is -2.05. The van der Waals surface area contributed by atoms with Crippen molar-refractivity contribution in [1.29, 1.82) is 0 Å². The quantitative estimate of drug-likeness (QED) is 0.627. The molecule has 1 aromatic heterocycles. The zero-order valence-electron chi connectivity index (χ0n) is 11.8. The zero-order valence-corrected chi connectivity index (χ0v) is 14.3. The average molecular weight is 390 g/mol. The van der Waals surface area contributed by atoms with Crippen LogP contribution < -0.4 is 0 Å². The van der Waals surface area contributed by atoms with Crippen LogP contribution in [0.25, 0.3) is 22.6 Å². The number of carboxylic acids is 1. The molecule has 2 aromatic carbocycles. The van der Waals surface area contributed by atoms with Gasteiger partial charge in [0, 0.05) is 15.6 Å². The highest BCUT2D eigenvalue weighted by molar-refractivity contribution is 9.10. The number of oxazole rings is 1. The molecule has 0 radical (unpaired) electrons. The van der Waals surface area contributed by atoms with Gasteiger partial charge in [-0.25, -0.2) is 4.98 Å². The van der Waals surface area contributed by atoms with E-state index in [1.165, 1.54) is 0 Å². The number of nitrogens with zero attached hydrogens (tertiary/aromatic N) is 1. The molecule has 0 aliphatic carbocycles. The van der Waals surface area contributed by atoms with Gasteiger partial charge in [0.15, 0.2) is 11.0 Å². The molecule has 3 rings (SSSR count). The summed E-state index contributed by atoms with van der Waals surface area (Å²) in [6.45, 7) is 0. The largest absolute Gasteiger partial charge is 0.480 e. The number of halogens is 1. The molecule has 1 heterocycles. The van der Waals surface area contributed by atoms with Crippen LogP contribution in [0.15, 0.2) is 63.5 Å². The number of aromatic nitrogens is 1. The summed E-state index contributed by atoms with van der Waals surface area (Å²) >= 11 is 7.49. The molecule has 23 heavy (non-hydrogen) atoms. The van der Waals surface area contributed by atoms with Crippen molar-refractivity contribution >= 4 is 34.5 Å². The Labute approximate surface area is 146 Å². The van der Waals surface area contributed by atoms with E-state index in [0.717, 1.165) is 15.6 Å². The number of carboxylic acid groups (broad SMARTS) is 1. The zero-order chi connectivity index (χ0) is 16.4. The van der Waals surface area contributed by atoms with Gasteiger partial charge in [0.25, 0.3) is 0 Å². The summed E-state index contributed by atoms with van der Waals surface area (Å²) in [4.78, 5) is 15.5. The third-order valence-electron chi connectivity index (χ3n) is 3.25. The van der Waals surface area contributed by atoms with Crippen LogP contribution in [-0.2, 0) is 4.79 Å². The summed E-state index contributed by atoms with van der Waals surface area (Å²) in [5, 5.41) is 8.02. The topological polar surface area (TPSA) is 63.3 Å². The predicted octanol–water partition coefficient (Wildman–Crippen LogP) is 4.83. The monoisotopic (exact) mass is 389 g/mol. The van der Waals surface area contributed by atoms with Crippen LogP contribution in [0.1, 0.15) is 11.1 Å². The van der Waals surface area contributed by atoms with E-state index in [0.29, 0.717) is 11.5 Å². The summed E-state index contributed by atoms with van der Waals surface area (Å²) in [7, 11) is 0. The highest BCUT2D eigenvalue weighted by Gasteiger charge is 2.25. The fourth-order valence-corrected chi connectivity index (χ4v) is 2.69. The van der Waals surface area contributed by atoms with Gasteiger partial charge in [-0.1, -0.05) is 58.4 Å². The first-order chi connectivity index (χ1) is 11.1. The predicted molar refractivity (Wildman–Crippen MR) is 94.4 cm³/mol. The number of thiol groups is 1. The highest BCUT2D eigenvalue weighted by atomic mass is 79.9. The van der Waals surface area contributed by atoms with Crippen LogP contribution in [-0.4, -0.2) is 16.1 Å². The molecule has 0 amide bonds. The van der Waals surface area contributed by atoms with E-state index in [4.69, 9.17) is 9.52 Å². The molecule has 116 valence electrons. The average Bonchev–Trinajstić information content (AvgIpc) is 3.00. The fraction of sp³-hybridized carbons (Fsp3) is 0.0588. The molecular weight excluding hydrogens is 378 g/mol. The number of benzene rings is 2. The van der Waals surface area contributed by atoms with Crippen molar-refractivity contribution in [1.82, 2.24) is 4.98 Å². The van der Waals surface area contributed by atoms with E-state index < -0.39 is 11.2 Å². The maximum atomic E-state index is 11.2.